The van der Waals surface area contributed by atoms with Gasteiger partial charge in [-0.1, -0.05) is 36.4 Å². The third-order valence-electron chi connectivity index (χ3n) is 5.14. The third-order valence-corrected chi connectivity index (χ3v) is 5.14. The molecule has 1 amide bonds. The van der Waals surface area contributed by atoms with Gasteiger partial charge in [0.2, 0.25) is 0 Å². The highest BCUT2D eigenvalue weighted by atomic mass is 16.3. The van der Waals surface area contributed by atoms with Crippen molar-refractivity contribution in [2.45, 2.75) is 6.04 Å². The molecule has 29 heavy (non-hydrogen) atoms. The second kappa shape index (κ2) is 6.53. The van der Waals surface area contributed by atoms with E-state index in [1.807, 2.05) is 30.3 Å². The maximum Gasteiger partial charge on any atom is 0.300 e. The zero-order chi connectivity index (χ0) is 20.0. The number of aromatic nitrogens is 1. The van der Waals surface area contributed by atoms with Gasteiger partial charge < -0.3 is 14.5 Å². The fraction of sp³-hybridized carbons (Fsp3) is 0.0435. The molecular formula is C23H16N2O4. The van der Waals surface area contributed by atoms with E-state index >= 15 is 0 Å². The number of carbonyl (C=O) groups is 2. The predicted molar refractivity (Wildman–Crippen MR) is 108 cm³/mol. The fourth-order valence-corrected chi connectivity index (χ4v) is 3.82. The molecule has 0 saturated carbocycles. The zero-order valence-electron chi connectivity index (χ0n) is 15.2. The van der Waals surface area contributed by atoms with Gasteiger partial charge in [0.15, 0.2) is 0 Å². The largest absolute Gasteiger partial charge is 0.507 e. The maximum atomic E-state index is 13.0. The van der Waals surface area contributed by atoms with Crippen molar-refractivity contribution >= 4 is 34.0 Å². The Labute approximate surface area is 165 Å². The molecule has 1 fully saturated rings. The van der Waals surface area contributed by atoms with Gasteiger partial charge in [0, 0.05) is 28.4 Å². The van der Waals surface area contributed by atoms with Crippen LogP contribution in [0.1, 0.15) is 17.4 Å². The fourth-order valence-electron chi connectivity index (χ4n) is 3.82. The average Bonchev–Trinajstić information content (AvgIpc) is 3.47. The minimum Gasteiger partial charge on any atom is -0.507 e. The van der Waals surface area contributed by atoms with E-state index in [0.717, 1.165) is 10.9 Å². The highest BCUT2D eigenvalue weighted by Gasteiger charge is 2.48. The van der Waals surface area contributed by atoms with E-state index in [1.165, 1.54) is 11.2 Å². The van der Waals surface area contributed by atoms with E-state index in [2.05, 4.69) is 4.98 Å². The summed E-state index contributed by atoms with van der Waals surface area (Å²) in [6.07, 6.45) is 3.11. The summed E-state index contributed by atoms with van der Waals surface area (Å²) in [5.74, 6) is -1.30. The quantitative estimate of drug-likeness (QED) is 0.312. The molecular weight excluding hydrogens is 368 g/mol. The number of hydrogen-bond donors (Lipinski definition) is 2. The molecule has 2 N–H and O–H groups in total. The van der Waals surface area contributed by atoms with Gasteiger partial charge in [-0.05, 0) is 30.3 Å². The van der Waals surface area contributed by atoms with Crippen molar-refractivity contribution < 1.29 is 19.1 Å². The van der Waals surface area contributed by atoms with Crippen molar-refractivity contribution in [1.82, 2.24) is 4.98 Å². The predicted octanol–water partition coefficient (Wildman–Crippen LogP) is 4.39. The molecule has 2 aromatic heterocycles. The molecule has 6 heteroatoms. The number of amides is 1. The third kappa shape index (κ3) is 2.57. The first-order chi connectivity index (χ1) is 14.2. The summed E-state index contributed by atoms with van der Waals surface area (Å²) in [7, 11) is 0. The lowest BCUT2D eigenvalue weighted by Gasteiger charge is -2.23. The monoisotopic (exact) mass is 384 g/mol. The van der Waals surface area contributed by atoms with Crippen LogP contribution >= 0.6 is 0 Å². The van der Waals surface area contributed by atoms with E-state index in [-0.39, 0.29) is 11.3 Å². The minimum absolute atomic E-state index is 0.00134. The van der Waals surface area contributed by atoms with Crippen molar-refractivity contribution in [3.05, 3.63) is 96.1 Å². The number of rotatable bonds is 3. The van der Waals surface area contributed by atoms with Gasteiger partial charge in [0.25, 0.3) is 11.7 Å². The number of aliphatic hydroxyl groups is 1. The van der Waals surface area contributed by atoms with Crippen LogP contribution in [-0.4, -0.2) is 21.8 Å². The van der Waals surface area contributed by atoms with Crippen molar-refractivity contribution in [2.24, 2.45) is 0 Å². The average molecular weight is 384 g/mol. The van der Waals surface area contributed by atoms with Crippen LogP contribution in [0, 0.1) is 0 Å². The molecule has 1 saturated heterocycles. The van der Waals surface area contributed by atoms with Gasteiger partial charge in [-0.25, -0.2) is 0 Å². The highest BCUT2D eigenvalue weighted by molar-refractivity contribution is 6.51. The molecule has 4 aromatic rings. The standard InChI is InChI=1S/C23H16N2O4/c26-21(16-13-24-17-10-5-4-9-15(16)17)19-20(18-11-6-12-29-18)25(23(28)22(19)27)14-7-2-1-3-8-14/h1-13,20,24,26H/b21-19-. The van der Waals surface area contributed by atoms with Gasteiger partial charge in [0.1, 0.15) is 17.6 Å². The lowest BCUT2D eigenvalue weighted by Crippen LogP contribution is -2.29. The molecule has 5 rings (SSSR count). The molecule has 0 radical (unpaired) electrons. The number of aliphatic hydroxyl groups excluding tert-OH is 1. The number of nitrogens with one attached hydrogen (secondary N) is 1. The maximum absolute atomic E-state index is 13.0. The smallest absolute Gasteiger partial charge is 0.300 e. The van der Waals surface area contributed by atoms with Crippen molar-refractivity contribution in [1.29, 1.82) is 0 Å². The van der Waals surface area contributed by atoms with E-state index in [1.54, 1.807) is 42.6 Å². The van der Waals surface area contributed by atoms with Gasteiger partial charge in [-0.3, -0.25) is 14.5 Å². The summed E-state index contributed by atoms with van der Waals surface area (Å²) in [4.78, 5) is 30.4. The molecule has 0 aliphatic carbocycles. The summed E-state index contributed by atoms with van der Waals surface area (Å²) in [5, 5.41) is 11.9. The van der Waals surface area contributed by atoms with Crippen molar-refractivity contribution in [3.63, 3.8) is 0 Å². The van der Waals surface area contributed by atoms with Crippen molar-refractivity contribution in [3.8, 4) is 0 Å². The number of para-hydroxylation sites is 2. The summed E-state index contributed by atoms with van der Waals surface area (Å²) < 4.78 is 5.55. The van der Waals surface area contributed by atoms with Crippen molar-refractivity contribution in [2.75, 3.05) is 4.90 Å². The first kappa shape index (κ1) is 17.1. The van der Waals surface area contributed by atoms with Crippen LogP contribution in [0.3, 0.4) is 0 Å². The lowest BCUT2D eigenvalue weighted by atomic mass is 9.99. The first-order valence-electron chi connectivity index (χ1n) is 9.13. The van der Waals surface area contributed by atoms with Crippen LogP contribution < -0.4 is 4.90 Å². The second-order valence-corrected chi connectivity index (χ2v) is 6.77. The number of fused-ring (bicyclic) bond motifs is 1. The van der Waals surface area contributed by atoms with Crippen LogP contribution in [0.4, 0.5) is 5.69 Å². The van der Waals surface area contributed by atoms with E-state index < -0.39 is 17.7 Å². The molecule has 3 heterocycles. The van der Waals surface area contributed by atoms with Crippen LogP contribution in [0.2, 0.25) is 0 Å². The van der Waals surface area contributed by atoms with Crippen LogP contribution in [-0.2, 0) is 9.59 Å². The Kier molecular flexibility index (Phi) is 3.84. The molecule has 1 aliphatic rings. The second-order valence-electron chi connectivity index (χ2n) is 6.77. The van der Waals surface area contributed by atoms with E-state index in [9.17, 15) is 14.7 Å². The van der Waals surface area contributed by atoms with Crippen LogP contribution in [0.25, 0.3) is 16.7 Å². The molecule has 6 nitrogen and oxygen atoms in total. The summed E-state index contributed by atoms with van der Waals surface area (Å²) in [6.45, 7) is 0. The molecule has 2 aromatic carbocycles. The zero-order valence-corrected chi connectivity index (χ0v) is 15.2. The van der Waals surface area contributed by atoms with E-state index in [0.29, 0.717) is 17.0 Å². The van der Waals surface area contributed by atoms with Crippen LogP contribution in [0.15, 0.2) is 89.2 Å². The van der Waals surface area contributed by atoms with Gasteiger partial charge in [-0.2, -0.15) is 0 Å². The molecule has 1 atom stereocenters. The Morgan fingerprint density at radius 2 is 1.72 bits per heavy atom. The SMILES string of the molecule is O=C1C(=O)N(c2ccccc2)C(c2ccco2)/C1=C(/O)c1c[nH]c2ccccc12. The minimum atomic E-state index is -0.860. The Morgan fingerprint density at radius 1 is 0.966 bits per heavy atom. The number of H-pyrrole nitrogens is 1. The Morgan fingerprint density at radius 3 is 2.48 bits per heavy atom. The first-order valence-corrected chi connectivity index (χ1v) is 9.13. The van der Waals surface area contributed by atoms with Gasteiger partial charge in [0.05, 0.1) is 11.8 Å². The Hall–Kier alpha value is -4.06. The topological polar surface area (TPSA) is 86.5 Å². The number of anilines is 1. The van der Waals surface area contributed by atoms with E-state index in [4.69, 9.17) is 4.42 Å². The number of furan rings is 1. The van der Waals surface area contributed by atoms with Crippen LogP contribution in [0.5, 0.6) is 0 Å². The van der Waals surface area contributed by atoms with Gasteiger partial charge >= 0.3 is 0 Å². The molecule has 0 spiro atoms. The molecule has 1 aliphatic heterocycles. The summed E-state index contributed by atoms with van der Waals surface area (Å²) in [6, 6.07) is 18.8. The summed E-state index contributed by atoms with van der Waals surface area (Å²) in [5.41, 5.74) is 1.83. The highest BCUT2D eigenvalue weighted by Crippen LogP contribution is 2.42. The number of ketones is 1. The molecule has 1 unspecified atom stereocenters. The molecule has 0 bridgehead atoms. The number of hydrogen-bond acceptors (Lipinski definition) is 4. The number of aromatic amines is 1. The number of carbonyl (C=O) groups excluding carboxylic acids is 2. The summed E-state index contributed by atoms with van der Waals surface area (Å²) >= 11 is 0. The number of benzene rings is 2. The van der Waals surface area contributed by atoms with Gasteiger partial charge in [-0.15, -0.1) is 0 Å². The number of nitrogens with zero attached hydrogens (tertiary/aromatic N) is 1. The Bertz CT molecular complexity index is 1250. The Balaban J connectivity index is 1.75. The number of Topliss-reactive ketones (excluding diaryl/α,β-unsaturated/α-hetero) is 1. The lowest BCUT2D eigenvalue weighted by molar-refractivity contribution is -0.132. The molecule has 142 valence electrons. The normalized spacial score (nSPS) is 18.6.